The van der Waals surface area contributed by atoms with Crippen molar-refractivity contribution in [1.29, 1.82) is 0 Å². The van der Waals surface area contributed by atoms with E-state index >= 15 is 0 Å². The summed E-state index contributed by atoms with van der Waals surface area (Å²) in [5.41, 5.74) is 7.38. The summed E-state index contributed by atoms with van der Waals surface area (Å²) in [4.78, 5) is 12.3. The van der Waals surface area contributed by atoms with E-state index in [0.29, 0.717) is 29.6 Å². The second-order valence-corrected chi connectivity index (χ2v) is 9.87. The lowest BCUT2D eigenvalue weighted by Crippen LogP contribution is -2.65. The fourth-order valence-corrected chi connectivity index (χ4v) is 5.62. The Kier molecular flexibility index (Phi) is 7.93. The summed E-state index contributed by atoms with van der Waals surface area (Å²) in [5, 5.41) is 9.83. The molecule has 0 spiro atoms. The van der Waals surface area contributed by atoms with Crippen LogP contribution in [-0.4, -0.2) is 54.9 Å². The van der Waals surface area contributed by atoms with Crippen molar-refractivity contribution >= 4 is 17.6 Å². The smallest absolute Gasteiger partial charge is 0.206 e. The van der Waals surface area contributed by atoms with E-state index in [9.17, 15) is 4.39 Å². The largest absolute Gasteiger partial charge is 0.494 e. The first kappa shape index (κ1) is 24.7. The van der Waals surface area contributed by atoms with Crippen molar-refractivity contribution in [3.63, 3.8) is 0 Å². The van der Waals surface area contributed by atoms with Gasteiger partial charge in [-0.3, -0.25) is 16.0 Å². The second-order valence-electron chi connectivity index (χ2n) is 9.87. The highest BCUT2D eigenvalue weighted by Crippen LogP contribution is 2.30. The van der Waals surface area contributed by atoms with Crippen molar-refractivity contribution in [2.75, 3.05) is 25.5 Å². The number of benzene rings is 1. The zero-order valence-electron chi connectivity index (χ0n) is 20.7. The summed E-state index contributed by atoms with van der Waals surface area (Å²) in [6, 6.07) is 5.26. The molecular formula is C25H40FN7O. The number of methoxy groups -OCH3 is 1. The lowest BCUT2D eigenvalue weighted by molar-refractivity contribution is 0.237. The number of nitrogens with zero attached hydrogens (tertiary/aromatic N) is 3. The third kappa shape index (κ3) is 5.99. The van der Waals surface area contributed by atoms with E-state index < -0.39 is 11.6 Å². The van der Waals surface area contributed by atoms with Crippen LogP contribution < -0.4 is 26.4 Å². The van der Waals surface area contributed by atoms with Crippen molar-refractivity contribution < 1.29 is 9.13 Å². The van der Waals surface area contributed by atoms with Crippen LogP contribution in [0.15, 0.2) is 28.2 Å². The van der Waals surface area contributed by atoms with Crippen LogP contribution in [0.1, 0.15) is 65.2 Å². The van der Waals surface area contributed by atoms with Gasteiger partial charge in [0.2, 0.25) is 11.9 Å². The van der Waals surface area contributed by atoms with Crippen LogP contribution in [-0.2, 0) is 0 Å². The minimum absolute atomic E-state index is 0.106. The summed E-state index contributed by atoms with van der Waals surface area (Å²) in [7, 11) is 1.45. The maximum absolute atomic E-state index is 14.3. The number of hydrogen-bond acceptors (Lipinski definition) is 6. The Morgan fingerprint density at radius 2 is 2.09 bits per heavy atom. The Bertz CT molecular complexity index is 901. The van der Waals surface area contributed by atoms with Gasteiger partial charge in [0.15, 0.2) is 17.4 Å². The number of nitrogens with one attached hydrogen (secondary N) is 3. The number of nitrogens with two attached hydrogens (primary N) is 1. The normalized spacial score (nSPS) is 28.2. The molecule has 0 radical (unpaired) electrons. The van der Waals surface area contributed by atoms with Gasteiger partial charge >= 0.3 is 0 Å². The van der Waals surface area contributed by atoms with E-state index in [0.717, 1.165) is 25.9 Å². The zero-order chi connectivity index (χ0) is 24.1. The van der Waals surface area contributed by atoms with E-state index in [-0.39, 0.29) is 11.8 Å². The standard InChI is InChI=1S/C25H40FN7O/c1-4-33-14-8-11-21(33)17(2)28-23-30-24(29-19-12-13-22(34-3)20(26)15-19)32-25(27,31-23)16-18-9-6-5-7-10-18/h12-13,15,17-18,21H,4-11,14,16,27H2,1-3H3,(H3,28,29,30,31,32)/t17-,21?,25?/m0/s1. The van der Waals surface area contributed by atoms with Gasteiger partial charge in [-0.05, 0) is 50.9 Å². The van der Waals surface area contributed by atoms with Gasteiger partial charge in [0.05, 0.1) is 13.2 Å². The first-order chi connectivity index (χ1) is 16.4. The molecule has 2 fully saturated rings. The van der Waals surface area contributed by atoms with Crippen molar-refractivity contribution in [3.05, 3.63) is 24.0 Å². The predicted molar refractivity (Wildman–Crippen MR) is 136 cm³/mol. The molecule has 9 heteroatoms. The molecule has 188 valence electrons. The van der Waals surface area contributed by atoms with E-state index in [2.05, 4.69) is 34.7 Å². The van der Waals surface area contributed by atoms with Crippen LogP contribution in [0.4, 0.5) is 10.1 Å². The summed E-state index contributed by atoms with van der Waals surface area (Å²) in [6.07, 6.45) is 9.20. The number of anilines is 1. The highest BCUT2D eigenvalue weighted by molar-refractivity contribution is 6.07. The topological polar surface area (TPSA) is 99.3 Å². The van der Waals surface area contributed by atoms with Crippen LogP contribution >= 0.6 is 0 Å². The van der Waals surface area contributed by atoms with Crippen LogP contribution in [0.25, 0.3) is 0 Å². The molecule has 1 aromatic carbocycles. The van der Waals surface area contributed by atoms with Crippen LogP contribution in [0.5, 0.6) is 5.75 Å². The molecule has 0 aromatic heterocycles. The number of halogens is 1. The minimum atomic E-state index is -0.973. The molecule has 0 amide bonds. The number of hydrogen-bond donors (Lipinski definition) is 4. The molecule has 3 aliphatic rings. The second kappa shape index (κ2) is 10.9. The van der Waals surface area contributed by atoms with Crippen LogP contribution in [0.2, 0.25) is 0 Å². The first-order valence-electron chi connectivity index (χ1n) is 12.8. The molecule has 5 N–H and O–H groups in total. The maximum Gasteiger partial charge on any atom is 0.206 e. The lowest BCUT2D eigenvalue weighted by atomic mass is 9.85. The van der Waals surface area contributed by atoms with E-state index in [1.165, 1.54) is 51.7 Å². The zero-order valence-corrected chi connectivity index (χ0v) is 20.7. The summed E-state index contributed by atoms with van der Waals surface area (Å²) < 4.78 is 19.3. The molecule has 2 heterocycles. The number of likely N-dealkylation sites (tertiary alicyclic amines) is 1. The number of guanidine groups is 2. The van der Waals surface area contributed by atoms with Gasteiger partial charge in [0.25, 0.3) is 0 Å². The van der Waals surface area contributed by atoms with Gasteiger partial charge in [0, 0.05) is 24.2 Å². The average molecular weight is 474 g/mol. The first-order valence-corrected chi connectivity index (χ1v) is 12.8. The molecule has 4 rings (SSSR count). The van der Waals surface area contributed by atoms with Gasteiger partial charge < -0.3 is 15.4 Å². The Morgan fingerprint density at radius 1 is 1.29 bits per heavy atom. The molecule has 1 saturated heterocycles. The molecule has 2 unspecified atom stereocenters. The van der Waals surface area contributed by atoms with Gasteiger partial charge in [0.1, 0.15) is 0 Å². The van der Waals surface area contributed by atoms with Crippen LogP contribution in [0.3, 0.4) is 0 Å². The molecule has 8 nitrogen and oxygen atoms in total. The average Bonchev–Trinajstić information content (AvgIpc) is 3.28. The third-order valence-electron chi connectivity index (χ3n) is 7.33. The van der Waals surface area contributed by atoms with Crippen molar-refractivity contribution in [3.8, 4) is 5.75 Å². The fraction of sp³-hybridized carbons (Fsp3) is 0.680. The van der Waals surface area contributed by atoms with Gasteiger partial charge in [-0.2, -0.15) is 0 Å². The Morgan fingerprint density at radius 3 is 2.79 bits per heavy atom. The molecule has 1 aromatic rings. The number of ether oxygens (including phenoxy) is 1. The SMILES string of the molecule is CCN1CCCC1[C@H](C)N=C1NC(Nc2ccc(OC)c(F)c2)=NC(N)(CC2CCCCC2)N1. The summed E-state index contributed by atoms with van der Waals surface area (Å²) >= 11 is 0. The summed E-state index contributed by atoms with van der Waals surface area (Å²) in [6.45, 7) is 6.51. The lowest BCUT2D eigenvalue weighted by Gasteiger charge is -2.37. The monoisotopic (exact) mass is 473 g/mol. The van der Waals surface area contributed by atoms with Gasteiger partial charge in [-0.25, -0.2) is 14.4 Å². The number of rotatable bonds is 7. The van der Waals surface area contributed by atoms with Crippen molar-refractivity contribution in [1.82, 2.24) is 15.5 Å². The predicted octanol–water partition coefficient (Wildman–Crippen LogP) is 3.61. The maximum atomic E-state index is 14.3. The van der Waals surface area contributed by atoms with Crippen molar-refractivity contribution in [2.45, 2.75) is 83.1 Å². The Balaban J connectivity index is 1.56. The quantitative estimate of drug-likeness (QED) is 0.483. The van der Waals surface area contributed by atoms with E-state index in [4.69, 9.17) is 20.5 Å². The van der Waals surface area contributed by atoms with E-state index in [1.54, 1.807) is 12.1 Å². The number of aliphatic imine (C=N–C) groups is 2. The molecule has 34 heavy (non-hydrogen) atoms. The molecule has 1 aliphatic carbocycles. The number of likely N-dealkylation sites (N-methyl/N-ethyl adjacent to an activating group) is 1. The van der Waals surface area contributed by atoms with Gasteiger partial charge in [-0.15, -0.1) is 0 Å². The summed E-state index contributed by atoms with van der Waals surface area (Å²) in [5.74, 6) is 0.388. The molecule has 2 aliphatic heterocycles. The molecule has 0 bridgehead atoms. The van der Waals surface area contributed by atoms with Gasteiger partial charge in [-0.1, -0.05) is 39.0 Å². The fourth-order valence-electron chi connectivity index (χ4n) is 5.62. The van der Waals surface area contributed by atoms with E-state index in [1.807, 2.05) is 0 Å². The van der Waals surface area contributed by atoms with Crippen LogP contribution in [0, 0.1) is 11.7 Å². The van der Waals surface area contributed by atoms with Crippen molar-refractivity contribution in [2.24, 2.45) is 21.6 Å². The molecule has 1 saturated carbocycles. The highest BCUT2D eigenvalue weighted by Gasteiger charge is 2.35. The third-order valence-corrected chi connectivity index (χ3v) is 7.33. The Labute approximate surface area is 202 Å². The molecule has 3 atom stereocenters. The molecular weight excluding hydrogens is 433 g/mol. The minimum Gasteiger partial charge on any atom is -0.494 e. The highest BCUT2D eigenvalue weighted by atomic mass is 19.1. The Hall–Kier alpha value is -2.39.